The number of cyclic esters (lactones) is 1. The van der Waals surface area contributed by atoms with Crippen molar-refractivity contribution in [1.82, 2.24) is 0 Å². The normalized spacial score (nSPS) is 15.4. The summed E-state index contributed by atoms with van der Waals surface area (Å²) < 4.78 is 15.6. The summed E-state index contributed by atoms with van der Waals surface area (Å²) in [6.45, 7) is 8.33. The van der Waals surface area contributed by atoms with Gasteiger partial charge in [-0.05, 0) is 18.9 Å². The van der Waals surface area contributed by atoms with Gasteiger partial charge in [0.15, 0.2) is 0 Å². The minimum absolute atomic E-state index is 0.0710. The van der Waals surface area contributed by atoms with Gasteiger partial charge in [-0.15, -0.1) is 6.58 Å². The lowest BCUT2D eigenvalue weighted by Crippen LogP contribution is -2.40. The Kier molecular flexibility index (Phi) is 3.87. The Hall–Kier alpha value is -2.50. The van der Waals surface area contributed by atoms with Crippen LogP contribution in [0.3, 0.4) is 0 Å². The van der Waals surface area contributed by atoms with E-state index in [1.807, 2.05) is 0 Å². The zero-order valence-electron chi connectivity index (χ0n) is 13.0. The number of benzene rings is 1. The van der Waals surface area contributed by atoms with Crippen LogP contribution in [0.15, 0.2) is 12.7 Å². The largest absolute Gasteiger partial charge is 0.507 e. The Morgan fingerprint density at radius 1 is 1.41 bits per heavy atom. The van der Waals surface area contributed by atoms with Crippen molar-refractivity contribution in [1.29, 1.82) is 0 Å². The summed E-state index contributed by atoms with van der Waals surface area (Å²) >= 11 is 0. The number of carbonyl (C=O) groups excluding carboxylic acids is 2. The smallest absolute Gasteiger partial charge is 0.345 e. The number of phenolic OH excluding ortho intramolecular Hbond substituents is 1. The third kappa shape index (κ3) is 2.41. The molecule has 0 unspecified atom stereocenters. The Labute approximate surface area is 128 Å². The van der Waals surface area contributed by atoms with Crippen LogP contribution >= 0.6 is 0 Å². The quantitative estimate of drug-likeness (QED) is 0.682. The van der Waals surface area contributed by atoms with Crippen LogP contribution < -0.4 is 4.74 Å². The molecule has 0 spiro atoms. The fourth-order valence-corrected chi connectivity index (χ4v) is 2.47. The average Bonchev–Trinajstić information content (AvgIpc) is 2.41. The number of phenols is 1. The molecule has 1 heterocycles. The lowest BCUT2D eigenvalue weighted by molar-refractivity contribution is -0.127. The molecule has 0 aromatic heterocycles. The number of methoxy groups -OCH3 is 1. The second-order valence-electron chi connectivity index (χ2n) is 5.41. The van der Waals surface area contributed by atoms with E-state index in [9.17, 15) is 14.7 Å². The molecule has 0 fully saturated rings. The third-order valence-corrected chi connectivity index (χ3v) is 3.40. The highest BCUT2D eigenvalue weighted by Crippen LogP contribution is 2.43. The van der Waals surface area contributed by atoms with E-state index in [1.165, 1.54) is 14.0 Å². The zero-order chi connectivity index (χ0) is 16.7. The molecular formula is C16H18O6. The van der Waals surface area contributed by atoms with Gasteiger partial charge in [0.25, 0.3) is 0 Å². The molecule has 0 aliphatic carbocycles. The molecule has 1 aromatic rings. The van der Waals surface area contributed by atoms with Crippen LogP contribution in [0.1, 0.15) is 45.7 Å². The van der Waals surface area contributed by atoms with Crippen molar-refractivity contribution in [3.63, 3.8) is 0 Å². The highest BCUT2D eigenvalue weighted by molar-refractivity contribution is 6.03. The zero-order valence-corrected chi connectivity index (χ0v) is 13.0. The number of hydrogen-bond donors (Lipinski definition) is 1. The van der Waals surface area contributed by atoms with Crippen molar-refractivity contribution >= 4 is 11.9 Å². The van der Waals surface area contributed by atoms with E-state index in [4.69, 9.17) is 9.47 Å². The lowest BCUT2D eigenvalue weighted by atomic mass is 9.93. The molecule has 1 aromatic carbocycles. The van der Waals surface area contributed by atoms with Gasteiger partial charge in [0.2, 0.25) is 5.79 Å². The van der Waals surface area contributed by atoms with Crippen LogP contribution in [0.2, 0.25) is 0 Å². The Morgan fingerprint density at radius 2 is 2.05 bits per heavy atom. The summed E-state index contributed by atoms with van der Waals surface area (Å²) in [6, 6.07) is 0. The van der Waals surface area contributed by atoms with Crippen LogP contribution in [0.4, 0.5) is 0 Å². The van der Waals surface area contributed by atoms with Gasteiger partial charge in [-0.3, -0.25) is 0 Å². The summed E-state index contributed by atoms with van der Waals surface area (Å²) in [7, 11) is 1.20. The average molecular weight is 306 g/mol. The summed E-state index contributed by atoms with van der Waals surface area (Å²) in [5.74, 6) is -2.57. The van der Waals surface area contributed by atoms with Gasteiger partial charge in [0.05, 0.1) is 7.11 Å². The molecule has 1 aliphatic rings. The fraction of sp³-hybridized carbons (Fsp3) is 0.375. The topological polar surface area (TPSA) is 82.1 Å². The van der Waals surface area contributed by atoms with Crippen LogP contribution in [-0.4, -0.2) is 29.9 Å². The van der Waals surface area contributed by atoms with Crippen molar-refractivity contribution in [2.75, 3.05) is 7.11 Å². The highest BCUT2D eigenvalue weighted by atomic mass is 16.7. The molecule has 0 bridgehead atoms. The molecule has 0 amide bonds. The maximum absolute atomic E-state index is 12.3. The van der Waals surface area contributed by atoms with Crippen molar-refractivity contribution in [2.45, 2.75) is 33.0 Å². The van der Waals surface area contributed by atoms with E-state index in [-0.39, 0.29) is 34.6 Å². The summed E-state index contributed by atoms with van der Waals surface area (Å²) in [4.78, 5) is 24.2. The van der Waals surface area contributed by atoms with Gasteiger partial charge < -0.3 is 19.3 Å². The van der Waals surface area contributed by atoms with Gasteiger partial charge in [-0.1, -0.05) is 6.08 Å². The van der Waals surface area contributed by atoms with E-state index < -0.39 is 17.7 Å². The van der Waals surface area contributed by atoms with E-state index in [0.29, 0.717) is 5.56 Å². The minimum Gasteiger partial charge on any atom is -0.507 e. The molecule has 0 atom stereocenters. The maximum atomic E-state index is 12.3. The Balaban J connectivity index is 2.84. The molecule has 1 N–H and O–H groups in total. The third-order valence-electron chi connectivity index (χ3n) is 3.40. The molecule has 0 saturated heterocycles. The van der Waals surface area contributed by atoms with Gasteiger partial charge >= 0.3 is 11.9 Å². The van der Waals surface area contributed by atoms with Gasteiger partial charge in [0.1, 0.15) is 22.6 Å². The first-order valence-electron chi connectivity index (χ1n) is 6.73. The first-order chi connectivity index (χ1) is 10.2. The van der Waals surface area contributed by atoms with Crippen LogP contribution in [0, 0.1) is 6.92 Å². The lowest BCUT2D eigenvalue weighted by Gasteiger charge is -2.34. The SMILES string of the molecule is C=CCc1c(O)c(C(=O)OC)c(C)c2c1OC(C)(C)OC2=O. The predicted octanol–water partition coefficient (Wildman–Crippen LogP) is 2.50. The van der Waals surface area contributed by atoms with Gasteiger partial charge in [-0.2, -0.15) is 0 Å². The number of rotatable bonds is 3. The standard InChI is InChI=1S/C16H18O6/c1-6-7-9-12(17)10(14(18)20-5)8(2)11-13(9)21-16(3,4)22-15(11)19/h6,17H,1,7H2,2-5H3. The highest BCUT2D eigenvalue weighted by Gasteiger charge is 2.39. The number of ether oxygens (including phenoxy) is 3. The van der Waals surface area contributed by atoms with Crippen molar-refractivity contribution < 1.29 is 28.9 Å². The fourth-order valence-electron chi connectivity index (χ4n) is 2.47. The van der Waals surface area contributed by atoms with E-state index in [1.54, 1.807) is 19.9 Å². The number of aromatic hydroxyl groups is 1. The second kappa shape index (κ2) is 5.36. The van der Waals surface area contributed by atoms with Crippen LogP contribution in [0.25, 0.3) is 0 Å². The summed E-state index contributed by atoms with van der Waals surface area (Å²) in [5.41, 5.74) is 0.612. The summed E-state index contributed by atoms with van der Waals surface area (Å²) in [6.07, 6.45) is 1.77. The van der Waals surface area contributed by atoms with Crippen molar-refractivity contribution in [3.05, 3.63) is 34.9 Å². The Morgan fingerprint density at radius 3 is 2.59 bits per heavy atom. The molecular weight excluding hydrogens is 288 g/mol. The first kappa shape index (κ1) is 15.9. The molecule has 0 radical (unpaired) electrons. The molecule has 1 aliphatic heterocycles. The van der Waals surface area contributed by atoms with E-state index in [2.05, 4.69) is 11.3 Å². The van der Waals surface area contributed by atoms with Crippen LogP contribution in [-0.2, 0) is 15.9 Å². The predicted molar refractivity (Wildman–Crippen MR) is 78.2 cm³/mol. The minimum atomic E-state index is -1.16. The number of esters is 2. The second-order valence-corrected chi connectivity index (χ2v) is 5.41. The molecule has 6 nitrogen and oxygen atoms in total. The number of allylic oxidation sites excluding steroid dienone is 1. The molecule has 6 heteroatoms. The maximum Gasteiger partial charge on any atom is 0.345 e. The van der Waals surface area contributed by atoms with Crippen molar-refractivity contribution in [3.8, 4) is 11.5 Å². The van der Waals surface area contributed by atoms with Crippen molar-refractivity contribution in [2.24, 2.45) is 0 Å². The molecule has 118 valence electrons. The van der Waals surface area contributed by atoms with Gasteiger partial charge in [-0.25, -0.2) is 9.59 Å². The summed E-state index contributed by atoms with van der Waals surface area (Å²) in [5, 5.41) is 10.4. The molecule has 0 saturated carbocycles. The first-order valence-corrected chi connectivity index (χ1v) is 6.73. The number of carbonyl (C=O) groups is 2. The van der Waals surface area contributed by atoms with E-state index >= 15 is 0 Å². The number of fused-ring (bicyclic) bond motifs is 1. The molecule has 22 heavy (non-hydrogen) atoms. The van der Waals surface area contributed by atoms with E-state index in [0.717, 1.165) is 0 Å². The number of hydrogen-bond acceptors (Lipinski definition) is 6. The van der Waals surface area contributed by atoms with Crippen LogP contribution in [0.5, 0.6) is 11.5 Å². The Bertz CT molecular complexity index is 672. The monoisotopic (exact) mass is 306 g/mol. The van der Waals surface area contributed by atoms with Gasteiger partial charge in [0, 0.05) is 19.4 Å². The molecule has 2 rings (SSSR count).